The number of nitrogens with two attached hydrogens (primary N) is 1. The predicted octanol–water partition coefficient (Wildman–Crippen LogP) is -0.428. The molecule has 0 bridgehead atoms. The Kier molecular flexibility index (Phi) is 3.58. The second-order valence-corrected chi connectivity index (χ2v) is 5.11. The number of rotatable bonds is 4. The molecule has 8 nitrogen and oxygen atoms in total. The average molecular weight is 303 g/mol. The highest BCUT2D eigenvalue weighted by Gasteiger charge is 2.47. The van der Waals surface area contributed by atoms with E-state index in [9.17, 15) is 9.59 Å². The first-order chi connectivity index (χ1) is 10.6. The summed E-state index contributed by atoms with van der Waals surface area (Å²) in [7, 11) is 1.58. The van der Waals surface area contributed by atoms with E-state index in [1.165, 1.54) is 4.90 Å². The van der Waals surface area contributed by atoms with E-state index in [0.717, 1.165) is 5.75 Å². The van der Waals surface area contributed by atoms with E-state index in [0.29, 0.717) is 13.2 Å². The van der Waals surface area contributed by atoms with Gasteiger partial charge in [0.2, 0.25) is 0 Å². The van der Waals surface area contributed by atoms with Crippen LogP contribution in [-0.2, 0) is 4.79 Å². The first-order valence-electron chi connectivity index (χ1n) is 6.93. The number of amides is 3. The lowest BCUT2D eigenvalue weighted by Gasteiger charge is -2.35. The van der Waals surface area contributed by atoms with E-state index in [2.05, 4.69) is 10.3 Å². The highest BCUT2D eigenvalue weighted by molar-refractivity contribution is 6.03. The number of fused-ring (bicyclic) bond motifs is 1. The van der Waals surface area contributed by atoms with Gasteiger partial charge < -0.3 is 20.3 Å². The molecule has 3 N–H and O–H groups in total. The number of hydrogen-bond acceptors (Lipinski definition) is 6. The maximum absolute atomic E-state index is 12.1. The first kappa shape index (κ1) is 14.2. The van der Waals surface area contributed by atoms with Crippen molar-refractivity contribution >= 4 is 17.9 Å². The maximum atomic E-state index is 12.1. The molecule has 1 saturated heterocycles. The summed E-state index contributed by atoms with van der Waals surface area (Å²) < 4.78 is 5.61. The van der Waals surface area contributed by atoms with Crippen molar-refractivity contribution in [2.75, 3.05) is 20.2 Å². The summed E-state index contributed by atoms with van der Waals surface area (Å²) in [6.07, 6.45) is -0.585. The highest BCUT2D eigenvalue weighted by Crippen LogP contribution is 2.22. The summed E-state index contributed by atoms with van der Waals surface area (Å²) in [6.45, 7) is 0.759. The molecule has 2 aliphatic heterocycles. The summed E-state index contributed by atoms with van der Waals surface area (Å²) in [4.78, 5) is 30.9. The zero-order valence-electron chi connectivity index (χ0n) is 12.1. The van der Waals surface area contributed by atoms with Crippen LogP contribution >= 0.6 is 0 Å². The number of carbonyl (C=O) groups is 2. The first-order valence-corrected chi connectivity index (χ1v) is 6.93. The van der Waals surface area contributed by atoms with Crippen molar-refractivity contribution in [2.45, 2.75) is 12.2 Å². The number of carbonyl (C=O) groups excluding carboxylic acids is 2. The van der Waals surface area contributed by atoms with E-state index < -0.39 is 24.1 Å². The number of ether oxygens (including phenoxy) is 1. The fourth-order valence-electron chi connectivity index (χ4n) is 2.58. The van der Waals surface area contributed by atoms with Gasteiger partial charge in [0.1, 0.15) is 12.4 Å². The van der Waals surface area contributed by atoms with Gasteiger partial charge in [-0.25, -0.2) is 9.79 Å². The molecule has 22 heavy (non-hydrogen) atoms. The summed E-state index contributed by atoms with van der Waals surface area (Å²) in [5.74, 6) is 0.592. The number of imide groups is 1. The van der Waals surface area contributed by atoms with E-state index in [4.69, 9.17) is 10.5 Å². The number of para-hydroxylation sites is 1. The van der Waals surface area contributed by atoms with Crippen molar-refractivity contribution in [2.24, 2.45) is 10.7 Å². The van der Waals surface area contributed by atoms with Gasteiger partial charge >= 0.3 is 6.03 Å². The summed E-state index contributed by atoms with van der Waals surface area (Å²) in [6, 6.07) is 8.29. The number of guanidine groups is 1. The van der Waals surface area contributed by atoms with Gasteiger partial charge in [0.15, 0.2) is 18.2 Å². The van der Waals surface area contributed by atoms with Gasteiger partial charge in [0.05, 0.1) is 6.54 Å². The summed E-state index contributed by atoms with van der Waals surface area (Å²) in [5, 5.41) is 2.30. The molecular formula is C14H17N5O3. The molecule has 0 spiro atoms. The number of nitrogens with zero attached hydrogens (tertiary/aromatic N) is 3. The van der Waals surface area contributed by atoms with Gasteiger partial charge in [-0.3, -0.25) is 10.1 Å². The number of aliphatic imine (C=N–C) groups is 1. The van der Waals surface area contributed by atoms with Crippen LogP contribution in [-0.4, -0.2) is 60.1 Å². The minimum absolute atomic E-state index is 0.239. The van der Waals surface area contributed by atoms with Gasteiger partial charge in [-0.2, -0.15) is 0 Å². The minimum Gasteiger partial charge on any atom is -0.492 e. The molecular weight excluding hydrogens is 286 g/mol. The molecule has 2 heterocycles. The van der Waals surface area contributed by atoms with E-state index in [1.807, 2.05) is 30.3 Å². The maximum Gasteiger partial charge on any atom is 0.325 e. The fourth-order valence-corrected chi connectivity index (χ4v) is 2.58. The Hall–Kier alpha value is -2.77. The van der Waals surface area contributed by atoms with Crippen LogP contribution in [0.25, 0.3) is 0 Å². The molecule has 1 aromatic carbocycles. The normalized spacial score (nSPS) is 24.0. The third-order valence-corrected chi connectivity index (χ3v) is 3.74. The Bertz CT molecular complexity index is 618. The van der Waals surface area contributed by atoms with E-state index in [-0.39, 0.29) is 5.96 Å². The molecule has 0 aliphatic carbocycles. The van der Waals surface area contributed by atoms with Crippen molar-refractivity contribution in [3.05, 3.63) is 30.3 Å². The van der Waals surface area contributed by atoms with Crippen molar-refractivity contribution in [3.63, 3.8) is 0 Å². The number of benzene rings is 1. The van der Waals surface area contributed by atoms with Crippen molar-refractivity contribution in [1.82, 2.24) is 15.1 Å². The zero-order chi connectivity index (χ0) is 15.7. The third-order valence-electron chi connectivity index (χ3n) is 3.74. The van der Waals surface area contributed by atoms with Crippen molar-refractivity contribution < 1.29 is 14.3 Å². The molecule has 1 aromatic rings. The molecule has 0 radical (unpaired) electrons. The molecule has 2 unspecified atom stereocenters. The average Bonchev–Trinajstić information content (AvgIpc) is 2.84. The quantitative estimate of drug-likeness (QED) is 0.786. The lowest BCUT2D eigenvalue weighted by molar-refractivity contribution is -0.127. The molecule has 8 heteroatoms. The van der Waals surface area contributed by atoms with Crippen molar-refractivity contribution in [3.8, 4) is 5.75 Å². The van der Waals surface area contributed by atoms with Gasteiger partial charge in [-0.1, -0.05) is 18.2 Å². The Morgan fingerprint density at radius 3 is 2.77 bits per heavy atom. The summed E-state index contributed by atoms with van der Waals surface area (Å²) in [5.41, 5.74) is 5.89. The van der Waals surface area contributed by atoms with Crippen LogP contribution < -0.4 is 15.8 Å². The zero-order valence-corrected chi connectivity index (χ0v) is 12.1. The molecule has 2 atom stereocenters. The minimum atomic E-state index is -0.609. The van der Waals surface area contributed by atoms with Gasteiger partial charge in [-0.15, -0.1) is 0 Å². The van der Waals surface area contributed by atoms with Crippen LogP contribution in [0.4, 0.5) is 4.79 Å². The van der Waals surface area contributed by atoms with Crippen LogP contribution in [0.1, 0.15) is 0 Å². The van der Waals surface area contributed by atoms with Crippen LogP contribution in [0.3, 0.4) is 0 Å². The Labute approximate surface area is 127 Å². The van der Waals surface area contributed by atoms with Gasteiger partial charge in [-0.05, 0) is 12.1 Å². The molecule has 116 valence electrons. The monoisotopic (exact) mass is 303 g/mol. The molecule has 3 amide bonds. The lowest BCUT2D eigenvalue weighted by Crippen LogP contribution is -2.64. The third kappa shape index (κ3) is 2.43. The topological polar surface area (TPSA) is 100 Å². The number of hydrogen-bond donors (Lipinski definition) is 2. The molecule has 0 aromatic heterocycles. The Morgan fingerprint density at radius 1 is 1.32 bits per heavy atom. The van der Waals surface area contributed by atoms with E-state index >= 15 is 0 Å². The largest absolute Gasteiger partial charge is 0.492 e. The SMILES string of the molecule is CN1C(=O)NC(=O)C2C1N=C(N)N2CCOc1ccccc1. The van der Waals surface area contributed by atoms with Crippen LogP contribution in [0.15, 0.2) is 35.3 Å². The van der Waals surface area contributed by atoms with Crippen molar-refractivity contribution in [1.29, 1.82) is 0 Å². The fraction of sp³-hybridized carbons (Fsp3) is 0.357. The molecule has 1 fully saturated rings. The lowest BCUT2D eigenvalue weighted by atomic mass is 10.1. The Balaban J connectivity index is 1.65. The summed E-state index contributed by atoms with van der Waals surface area (Å²) >= 11 is 0. The predicted molar refractivity (Wildman–Crippen MR) is 79.1 cm³/mol. The van der Waals surface area contributed by atoms with Gasteiger partial charge in [0, 0.05) is 7.05 Å². The number of likely N-dealkylation sites (N-methyl/N-ethyl adjacent to an activating group) is 1. The van der Waals surface area contributed by atoms with Crippen LogP contribution in [0.2, 0.25) is 0 Å². The van der Waals surface area contributed by atoms with Crippen LogP contribution in [0, 0.1) is 0 Å². The Morgan fingerprint density at radius 2 is 2.05 bits per heavy atom. The number of urea groups is 1. The number of nitrogens with one attached hydrogen (secondary N) is 1. The van der Waals surface area contributed by atoms with E-state index in [1.54, 1.807) is 11.9 Å². The molecule has 2 aliphatic rings. The van der Waals surface area contributed by atoms with Crippen LogP contribution in [0.5, 0.6) is 5.75 Å². The molecule has 0 saturated carbocycles. The second kappa shape index (κ2) is 5.55. The molecule has 3 rings (SSSR count). The smallest absolute Gasteiger partial charge is 0.325 e. The highest BCUT2D eigenvalue weighted by atomic mass is 16.5. The standard InChI is InChI=1S/C14H17N5O3/c1-18-11-10(12(20)17-14(18)21)19(13(15)16-11)7-8-22-9-5-3-2-4-6-9/h2-6,10-11H,7-8H2,1H3,(H2,15,16)(H,17,20,21). The van der Waals surface area contributed by atoms with Gasteiger partial charge in [0.25, 0.3) is 5.91 Å². The second-order valence-electron chi connectivity index (χ2n) is 5.11.